The summed E-state index contributed by atoms with van der Waals surface area (Å²) < 4.78 is 0. The van der Waals surface area contributed by atoms with E-state index in [1.807, 2.05) is 13.0 Å². The van der Waals surface area contributed by atoms with Gasteiger partial charge in [-0.1, -0.05) is 18.9 Å². The number of rotatable bonds is 2. The first-order valence-electron chi connectivity index (χ1n) is 7.15. The minimum atomic E-state index is 0.573. The van der Waals surface area contributed by atoms with Gasteiger partial charge in [-0.15, -0.1) is 0 Å². The number of hydrogen-bond donors (Lipinski definition) is 1. The molecule has 1 aromatic rings. The second-order valence-corrected chi connectivity index (χ2v) is 5.28. The van der Waals surface area contributed by atoms with Gasteiger partial charge in [0.15, 0.2) is 5.96 Å². The monoisotopic (exact) mass is 260 g/mol. The molecule has 0 atom stereocenters. The van der Waals surface area contributed by atoms with Crippen molar-refractivity contribution in [2.24, 2.45) is 10.7 Å². The normalized spacial score (nSPS) is 17.4. The number of aliphatic imine (C=N–C) groups is 1. The molecule has 104 valence electrons. The molecule has 1 aromatic heterocycles. The van der Waals surface area contributed by atoms with Gasteiger partial charge in [0.25, 0.3) is 0 Å². The summed E-state index contributed by atoms with van der Waals surface area (Å²) in [5.41, 5.74) is 9.36. The second-order valence-electron chi connectivity index (χ2n) is 5.28. The summed E-state index contributed by atoms with van der Waals surface area (Å²) >= 11 is 0. The van der Waals surface area contributed by atoms with Crippen molar-refractivity contribution in [1.82, 2.24) is 9.88 Å². The fourth-order valence-corrected chi connectivity index (χ4v) is 2.33. The Morgan fingerprint density at radius 1 is 1.21 bits per heavy atom. The molecule has 0 unspecified atom stereocenters. The molecule has 0 bridgehead atoms. The van der Waals surface area contributed by atoms with Crippen molar-refractivity contribution in [3.63, 3.8) is 0 Å². The van der Waals surface area contributed by atoms with Crippen LogP contribution in [0.5, 0.6) is 0 Å². The average molecular weight is 260 g/mol. The fourth-order valence-electron chi connectivity index (χ4n) is 2.33. The number of guanidine groups is 1. The number of hydrogen-bond acceptors (Lipinski definition) is 2. The Kier molecular flexibility index (Phi) is 4.77. The van der Waals surface area contributed by atoms with Crippen molar-refractivity contribution in [2.45, 2.75) is 46.1 Å². The first-order valence-corrected chi connectivity index (χ1v) is 7.15. The van der Waals surface area contributed by atoms with E-state index in [0.29, 0.717) is 12.5 Å². The average Bonchev–Trinajstić information content (AvgIpc) is 2.69. The van der Waals surface area contributed by atoms with Gasteiger partial charge in [0.1, 0.15) is 0 Å². The molecule has 2 rings (SSSR count). The molecule has 0 amide bonds. The van der Waals surface area contributed by atoms with Gasteiger partial charge in [0.05, 0.1) is 12.2 Å². The van der Waals surface area contributed by atoms with Crippen LogP contribution in [0.3, 0.4) is 0 Å². The molecular formula is C15H24N4. The highest BCUT2D eigenvalue weighted by Gasteiger charge is 2.10. The van der Waals surface area contributed by atoms with Crippen LogP contribution in [-0.4, -0.2) is 28.9 Å². The van der Waals surface area contributed by atoms with Crippen LogP contribution >= 0.6 is 0 Å². The van der Waals surface area contributed by atoms with Crippen molar-refractivity contribution in [2.75, 3.05) is 13.1 Å². The highest BCUT2D eigenvalue weighted by Crippen LogP contribution is 2.10. The lowest BCUT2D eigenvalue weighted by molar-refractivity contribution is 0.428. The van der Waals surface area contributed by atoms with Gasteiger partial charge in [-0.25, -0.2) is 4.99 Å². The Hall–Kier alpha value is -1.58. The molecule has 1 fully saturated rings. The van der Waals surface area contributed by atoms with E-state index in [1.54, 1.807) is 0 Å². The second kappa shape index (κ2) is 6.55. The van der Waals surface area contributed by atoms with Gasteiger partial charge >= 0.3 is 0 Å². The minimum absolute atomic E-state index is 0.573. The zero-order chi connectivity index (χ0) is 13.7. The van der Waals surface area contributed by atoms with Crippen LogP contribution in [0.1, 0.15) is 42.6 Å². The smallest absolute Gasteiger partial charge is 0.191 e. The number of aryl methyl sites for hydroxylation is 2. The van der Waals surface area contributed by atoms with Crippen molar-refractivity contribution in [3.8, 4) is 0 Å². The number of likely N-dealkylation sites (tertiary alicyclic amines) is 1. The van der Waals surface area contributed by atoms with Crippen LogP contribution in [0.4, 0.5) is 0 Å². The minimum Gasteiger partial charge on any atom is -0.370 e. The van der Waals surface area contributed by atoms with E-state index in [0.717, 1.165) is 24.5 Å². The third-order valence-corrected chi connectivity index (χ3v) is 3.74. The molecule has 0 aliphatic carbocycles. The van der Waals surface area contributed by atoms with Gasteiger partial charge in [-0.05, 0) is 38.3 Å². The van der Waals surface area contributed by atoms with E-state index in [-0.39, 0.29) is 0 Å². The predicted octanol–water partition coefficient (Wildman–Crippen LogP) is 2.39. The first kappa shape index (κ1) is 13.8. The van der Waals surface area contributed by atoms with E-state index in [9.17, 15) is 0 Å². The number of nitrogens with zero attached hydrogens (tertiary/aromatic N) is 3. The highest BCUT2D eigenvalue weighted by molar-refractivity contribution is 5.78. The number of aromatic nitrogens is 1. The van der Waals surface area contributed by atoms with E-state index < -0.39 is 0 Å². The summed E-state index contributed by atoms with van der Waals surface area (Å²) in [7, 11) is 0. The van der Waals surface area contributed by atoms with Crippen LogP contribution in [0.25, 0.3) is 0 Å². The maximum atomic E-state index is 6.08. The lowest BCUT2D eigenvalue weighted by Crippen LogP contribution is -2.38. The van der Waals surface area contributed by atoms with Gasteiger partial charge in [-0.3, -0.25) is 4.98 Å². The highest BCUT2D eigenvalue weighted by atomic mass is 15.2. The number of pyridine rings is 1. The molecule has 1 saturated heterocycles. The molecule has 0 spiro atoms. The summed E-state index contributed by atoms with van der Waals surface area (Å²) in [6.45, 7) is 6.75. The van der Waals surface area contributed by atoms with Crippen molar-refractivity contribution < 1.29 is 0 Å². The van der Waals surface area contributed by atoms with E-state index in [1.165, 1.54) is 31.2 Å². The van der Waals surface area contributed by atoms with E-state index in [2.05, 4.69) is 27.9 Å². The maximum absolute atomic E-state index is 6.08. The topological polar surface area (TPSA) is 54.5 Å². The third kappa shape index (κ3) is 3.94. The van der Waals surface area contributed by atoms with Gasteiger partial charge in [0.2, 0.25) is 0 Å². The zero-order valence-corrected chi connectivity index (χ0v) is 12.0. The van der Waals surface area contributed by atoms with E-state index in [4.69, 9.17) is 5.73 Å². The third-order valence-electron chi connectivity index (χ3n) is 3.74. The molecule has 4 heteroatoms. The van der Waals surface area contributed by atoms with Crippen LogP contribution in [0.2, 0.25) is 0 Å². The quantitative estimate of drug-likeness (QED) is 0.656. The molecule has 0 radical (unpaired) electrons. The molecule has 2 N–H and O–H groups in total. The van der Waals surface area contributed by atoms with E-state index >= 15 is 0 Å². The summed E-state index contributed by atoms with van der Waals surface area (Å²) in [6.07, 6.45) is 5.06. The Morgan fingerprint density at radius 3 is 2.53 bits per heavy atom. The van der Waals surface area contributed by atoms with Crippen LogP contribution in [0.15, 0.2) is 17.1 Å². The summed E-state index contributed by atoms with van der Waals surface area (Å²) in [6, 6.07) is 4.12. The molecule has 4 nitrogen and oxygen atoms in total. The zero-order valence-electron chi connectivity index (χ0n) is 12.0. The number of nitrogens with two attached hydrogens (primary N) is 1. The molecule has 19 heavy (non-hydrogen) atoms. The molecule has 1 aliphatic rings. The maximum Gasteiger partial charge on any atom is 0.191 e. The fraction of sp³-hybridized carbons (Fsp3) is 0.600. The molecule has 1 aliphatic heterocycles. The largest absolute Gasteiger partial charge is 0.370 e. The van der Waals surface area contributed by atoms with Gasteiger partial charge < -0.3 is 10.6 Å². The molecule has 0 aromatic carbocycles. The van der Waals surface area contributed by atoms with Crippen LogP contribution < -0.4 is 5.73 Å². The Labute approximate surface area is 115 Å². The van der Waals surface area contributed by atoms with Crippen LogP contribution in [-0.2, 0) is 6.54 Å². The Bertz CT molecular complexity index is 445. The van der Waals surface area contributed by atoms with Crippen molar-refractivity contribution in [1.29, 1.82) is 0 Å². The van der Waals surface area contributed by atoms with Crippen molar-refractivity contribution >= 4 is 5.96 Å². The lowest BCUT2D eigenvalue weighted by atomic mass is 10.2. The van der Waals surface area contributed by atoms with Crippen LogP contribution in [0, 0.1) is 13.8 Å². The first-order chi connectivity index (χ1) is 9.16. The SMILES string of the molecule is Cc1ccc(CN=C(N)N2CCCCCC2)nc1C. The predicted molar refractivity (Wildman–Crippen MR) is 79.1 cm³/mol. The van der Waals surface area contributed by atoms with Gasteiger partial charge in [0, 0.05) is 18.8 Å². The summed E-state index contributed by atoms with van der Waals surface area (Å²) in [4.78, 5) is 11.2. The molecular weight excluding hydrogens is 236 g/mol. The lowest BCUT2D eigenvalue weighted by Gasteiger charge is -2.21. The summed E-state index contributed by atoms with van der Waals surface area (Å²) in [5, 5.41) is 0. The molecule has 2 heterocycles. The Balaban J connectivity index is 1.98. The van der Waals surface area contributed by atoms with Crippen molar-refractivity contribution in [3.05, 3.63) is 29.1 Å². The standard InChI is InChI=1S/C15H24N4/c1-12-7-8-14(18-13(12)2)11-17-15(16)19-9-5-3-4-6-10-19/h7-8H,3-6,9-11H2,1-2H3,(H2,16,17). The Morgan fingerprint density at radius 2 is 1.89 bits per heavy atom. The molecule has 0 saturated carbocycles. The van der Waals surface area contributed by atoms with Gasteiger partial charge in [-0.2, -0.15) is 0 Å². The summed E-state index contributed by atoms with van der Waals surface area (Å²) in [5.74, 6) is 0.668.